The van der Waals surface area contributed by atoms with Crippen LogP contribution in [-0.2, 0) is 0 Å². The van der Waals surface area contributed by atoms with Crippen molar-refractivity contribution >= 4 is 33.3 Å². The molecule has 8 heteroatoms. The molecular formula is C14H10N4O2S2. The highest BCUT2D eigenvalue weighted by atomic mass is 32.2. The lowest BCUT2D eigenvalue weighted by molar-refractivity contribution is 0.379. The summed E-state index contributed by atoms with van der Waals surface area (Å²) in [7, 11) is 0. The van der Waals surface area contributed by atoms with Crippen LogP contribution in [0.2, 0.25) is 0 Å². The molecule has 0 aliphatic carbocycles. The zero-order chi connectivity index (χ0) is 14.9. The molecule has 0 aliphatic rings. The second kappa shape index (κ2) is 5.54. The first-order chi connectivity index (χ1) is 10.8. The number of hydrogen-bond acceptors (Lipinski definition) is 8. The van der Waals surface area contributed by atoms with E-state index in [1.54, 1.807) is 47.8 Å². The van der Waals surface area contributed by atoms with Gasteiger partial charge in [0.15, 0.2) is 5.76 Å². The fraction of sp³-hybridized carbons (Fsp3) is 0.143. The molecule has 0 unspecified atom stereocenters. The molecule has 6 nitrogen and oxygen atoms in total. The molecule has 0 saturated carbocycles. The van der Waals surface area contributed by atoms with Crippen LogP contribution in [0.1, 0.15) is 18.1 Å². The highest BCUT2D eigenvalue weighted by molar-refractivity contribution is 7.99. The van der Waals surface area contributed by atoms with Crippen molar-refractivity contribution in [1.82, 2.24) is 20.1 Å². The van der Waals surface area contributed by atoms with Crippen LogP contribution >= 0.6 is 23.1 Å². The van der Waals surface area contributed by atoms with Gasteiger partial charge in [-0.15, -0.1) is 11.3 Å². The SMILES string of the molecule is C[C@H](Sc1ncnc2sccc12)c1nc(-c2ccco2)no1. The zero-order valence-electron chi connectivity index (χ0n) is 11.5. The molecule has 0 saturated heterocycles. The molecule has 22 heavy (non-hydrogen) atoms. The van der Waals surface area contributed by atoms with Crippen molar-refractivity contribution in [2.24, 2.45) is 0 Å². The maximum absolute atomic E-state index is 5.33. The smallest absolute Gasteiger partial charge is 0.240 e. The van der Waals surface area contributed by atoms with Crippen molar-refractivity contribution in [3.05, 3.63) is 42.1 Å². The third-order valence-electron chi connectivity index (χ3n) is 3.04. The van der Waals surface area contributed by atoms with Gasteiger partial charge in [0.1, 0.15) is 16.2 Å². The summed E-state index contributed by atoms with van der Waals surface area (Å²) in [6.45, 7) is 2.00. The third kappa shape index (κ3) is 2.40. The highest BCUT2D eigenvalue weighted by Gasteiger charge is 2.19. The summed E-state index contributed by atoms with van der Waals surface area (Å²) in [6.07, 6.45) is 3.16. The number of furan rings is 1. The average Bonchev–Trinajstić information content (AvgIpc) is 3.27. The van der Waals surface area contributed by atoms with Gasteiger partial charge >= 0.3 is 0 Å². The fourth-order valence-corrected chi connectivity index (χ4v) is 3.71. The zero-order valence-corrected chi connectivity index (χ0v) is 13.1. The van der Waals surface area contributed by atoms with Crippen LogP contribution in [0.4, 0.5) is 0 Å². The largest absolute Gasteiger partial charge is 0.461 e. The minimum Gasteiger partial charge on any atom is -0.461 e. The van der Waals surface area contributed by atoms with Crippen LogP contribution in [0.15, 0.2) is 50.1 Å². The van der Waals surface area contributed by atoms with E-state index in [1.165, 1.54) is 0 Å². The summed E-state index contributed by atoms with van der Waals surface area (Å²) in [4.78, 5) is 14.0. The standard InChI is InChI=1S/C14H10N4O2S2/c1-8(12-17-11(18-20-12)10-3-2-5-19-10)22-14-9-4-6-21-13(9)15-7-16-14/h2-8H,1H3/t8-/m0/s1. The first kappa shape index (κ1) is 13.5. The van der Waals surface area contributed by atoms with Crippen molar-refractivity contribution in [2.75, 3.05) is 0 Å². The Labute approximate surface area is 133 Å². The summed E-state index contributed by atoms with van der Waals surface area (Å²) in [6, 6.07) is 5.61. The van der Waals surface area contributed by atoms with Gasteiger partial charge in [0.05, 0.1) is 11.5 Å². The molecule has 4 aromatic heterocycles. The maximum Gasteiger partial charge on any atom is 0.240 e. The van der Waals surface area contributed by atoms with Crippen molar-refractivity contribution in [1.29, 1.82) is 0 Å². The van der Waals surface area contributed by atoms with Gasteiger partial charge in [0.2, 0.25) is 11.7 Å². The summed E-state index contributed by atoms with van der Waals surface area (Å²) >= 11 is 3.17. The molecule has 4 rings (SSSR count). The van der Waals surface area contributed by atoms with Gasteiger partial charge in [-0.1, -0.05) is 16.9 Å². The fourth-order valence-electron chi connectivity index (χ4n) is 1.99. The minimum atomic E-state index is -0.0192. The Morgan fingerprint density at radius 2 is 2.23 bits per heavy atom. The number of thiophene rings is 1. The van der Waals surface area contributed by atoms with Crippen LogP contribution in [0.25, 0.3) is 21.8 Å². The van der Waals surface area contributed by atoms with E-state index in [9.17, 15) is 0 Å². The Hall–Kier alpha value is -2.19. The van der Waals surface area contributed by atoms with Crippen LogP contribution in [0.5, 0.6) is 0 Å². The monoisotopic (exact) mass is 330 g/mol. The van der Waals surface area contributed by atoms with E-state index in [0.717, 1.165) is 15.2 Å². The number of hydrogen-bond donors (Lipinski definition) is 0. The Morgan fingerprint density at radius 3 is 3.09 bits per heavy atom. The van der Waals surface area contributed by atoms with E-state index < -0.39 is 0 Å². The predicted octanol–water partition coefficient (Wildman–Crippen LogP) is 4.19. The molecule has 0 radical (unpaired) electrons. The Kier molecular flexibility index (Phi) is 3.39. The molecule has 0 fully saturated rings. The topological polar surface area (TPSA) is 77.8 Å². The lowest BCUT2D eigenvalue weighted by atomic mass is 10.4. The number of rotatable bonds is 4. The molecule has 0 spiro atoms. The number of aromatic nitrogens is 4. The van der Waals surface area contributed by atoms with Crippen LogP contribution in [0, 0.1) is 0 Å². The Balaban J connectivity index is 1.60. The summed E-state index contributed by atoms with van der Waals surface area (Å²) in [5, 5.41) is 7.90. The number of nitrogens with zero attached hydrogens (tertiary/aromatic N) is 4. The molecule has 0 aliphatic heterocycles. The summed E-state index contributed by atoms with van der Waals surface area (Å²) in [5.74, 6) is 1.59. The molecule has 4 aromatic rings. The van der Waals surface area contributed by atoms with Crippen LogP contribution in [0.3, 0.4) is 0 Å². The van der Waals surface area contributed by atoms with E-state index in [2.05, 4.69) is 20.1 Å². The Bertz CT molecular complexity index is 901. The minimum absolute atomic E-state index is 0.0192. The molecule has 110 valence electrons. The van der Waals surface area contributed by atoms with Crippen LogP contribution in [-0.4, -0.2) is 20.1 Å². The first-order valence-corrected chi connectivity index (χ1v) is 8.29. The Morgan fingerprint density at radius 1 is 1.27 bits per heavy atom. The third-order valence-corrected chi connectivity index (χ3v) is 4.97. The quantitative estimate of drug-likeness (QED) is 0.410. The van der Waals surface area contributed by atoms with Crippen molar-refractivity contribution in [2.45, 2.75) is 17.2 Å². The van der Waals surface area contributed by atoms with Gasteiger partial charge in [-0.3, -0.25) is 0 Å². The van der Waals surface area contributed by atoms with Crippen LogP contribution < -0.4 is 0 Å². The van der Waals surface area contributed by atoms with Gasteiger partial charge in [0.25, 0.3) is 0 Å². The van der Waals surface area contributed by atoms with Crippen molar-refractivity contribution < 1.29 is 8.94 Å². The van der Waals surface area contributed by atoms with Gasteiger partial charge in [-0.25, -0.2) is 9.97 Å². The summed E-state index contributed by atoms with van der Waals surface area (Å²) in [5.41, 5.74) is 0. The summed E-state index contributed by atoms with van der Waals surface area (Å²) < 4.78 is 10.6. The van der Waals surface area contributed by atoms with Gasteiger partial charge in [-0.05, 0) is 30.5 Å². The molecule has 4 heterocycles. The highest BCUT2D eigenvalue weighted by Crippen LogP contribution is 2.37. The van der Waals surface area contributed by atoms with Gasteiger partial charge in [0, 0.05) is 5.39 Å². The van der Waals surface area contributed by atoms with Gasteiger partial charge < -0.3 is 8.94 Å². The molecular weight excluding hydrogens is 320 g/mol. The molecule has 0 bridgehead atoms. The van der Waals surface area contributed by atoms with E-state index >= 15 is 0 Å². The second-order valence-electron chi connectivity index (χ2n) is 4.51. The van der Waals surface area contributed by atoms with E-state index in [4.69, 9.17) is 8.94 Å². The predicted molar refractivity (Wildman–Crippen MR) is 83.7 cm³/mol. The maximum atomic E-state index is 5.33. The van der Waals surface area contributed by atoms with Crippen molar-refractivity contribution in [3.8, 4) is 11.6 Å². The van der Waals surface area contributed by atoms with E-state index in [1.807, 2.05) is 18.4 Å². The molecule has 0 N–H and O–H groups in total. The lowest BCUT2D eigenvalue weighted by Gasteiger charge is -2.05. The number of thioether (sulfide) groups is 1. The van der Waals surface area contributed by atoms with E-state index in [0.29, 0.717) is 17.5 Å². The van der Waals surface area contributed by atoms with Crippen molar-refractivity contribution in [3.63, 3.8) is 0 Å². The second-order valence-corrected chi connectivity index (χ2v) is 6.74. The normalized spacial score (nSPS) is 12.8. The molecule has 0 amide bonds. The average molecular weight is 330 g/mol. The van der Waals surface area contributed by atoms with E-state index in [-0.39, 0.29) is 5.25 Å². The first-order valence-electron chi connectivity index (χ1n) is 6.53. The van der Waals surface area contributed by atoms with Gasteiger partial charge in [-0.2, -0.15) is 4.98 Å². The molecule has 1 atom stereocenters. The molecule has 0 aromatic carbocycles. The number of fused-ring (bicyclic) bond motifs is 1. The lowest BCUT2D eigenvalue weighted by Crippen LogP contribution is -1.91.